The van der Waals surface area contributed by atoms with Gasteiger partial charge in [-0.2, -0.15) is 0 Å². The molecule has 1 amide bonds. The SMILES string of the molecule is CN1CCO[C@H](CNC(=O)c2cc3sc4ccccc4c3s2)C1. The summed E-state index contributed by atoms with van der Waals surface area (Å²) in [5.74, 6) is -0.000641. The molecular weight excluding hydrogens is 328 g/mol. The van der Waals surface area contributed by atoms with Gasteiger partial charge in [0, 0.05) is 34.4 Å². The number of benzene rings is 1. The highest BCUT2D eigenvalue weighted by Gasteiger charge is 2.19. The van der Waals surface area contributed by atoms with Gasteiger partial charge < -0.3 is 15.0 Å². The Morgan fingerprint density at radius 2 is 2.22 bits per heavy atom. The summed E-state index contributed by atoms with van der Waals surface area (Å²) in [6, 6.07) is 10.4. The largest absolute Gasteiger partial charge is 0.374 e. The number of carbonyl (C=O) groups excluding carboxylic acids is 1. The molecule has 0 unspecified atom stereocenters. The van der Waals surface area contributed by atoms with E-state index >= 15 is 0 Å². The summed E-state index contributed by atoms with van der Waals surface area (Å²) < 4.78 is 9.36. The molecule has 23 heavy (non-hydrogen) atoms. The molecule has 0 bridgehead atoms. The van der Waals surface area contributed by atoms with E-state index in [2.05, 4.69) is 35.5 Å². The zero-order valence-electron chi connectivity index (χ0n) is 12.9. The number of amides is 1. The second-order valence-electron chi connectivity index (χ2n) is 5.87. The summed E-state index contributed by atoms with van der Waals surface area (Å²) in [6.45, 7) is 3.12. The summed E-state index contributed by atoms with van der Waals surface area (Å²) in [5, 5.41) is 4.26. The van der Waals surface area contributed by atoms with E-state index in [4.69, 9.17) is 4.74 Å². The zero-order chi connectivity index (χ0) is 15.8. The number of carbonyl (C=O) groups is 1. The number of morpholine rings is 1. The predicted molar refractivity (Wildman–Crippen MR) is 96.8 cm³/mol. The summed E-state index contributed by atoms with van der Waals surface area (Å²) in [5.41, 5.74) is 0. The minimum absolute atomic E-state index is 0.000641. The molecular formula is C17H18N2O2S2. The van der Waals surface area contributed by atoms with Gasteiger partial charge in [-0.15, -0.1) is 22.7 Å². The van der Waals surface area contributed by atoms with E-state index in [9.17, 15) is 4.79 Å². The van der Waals surface area contributed by atoms with Crippen molar-refractivity contribution in [2.45, 2.75) is 6.10 Å². The Kier molecular flexibility index (Phi) is 4.07. The van der Waals surface area contributed by atoms with Gasteiger partial charge in [-0.25, -0.2) is 0 Å². The lowest BCUT2D eigenvalue weighted by Gasteiger charge is -2.30. The average Bonchev–Trinajstić information content (AvgIpc) is 3.10. The summed E-state index contributed by atoms with van der Waals surface area (Å²) >= 11 is 3.32. The van der Waals surface area contributed by atoms with Crippen LogP contribution in [0.15, 0.2) is 30.3 Å². The molecule has 1 aromatic carbocycles. The number of fused-ring (bicyclic) bond motifs is 3. The molecule has 2 aromatic heterocycles. The van der Waals surface area contributed by atoms with Crippen molar-refractivity contribution < 1.29 is 9.53 Å². The van der Waals surface area contributed by atoms with Crippen LogP contribution in [-0.4, -0.2) is 50.2 Å². The maximum atomic E-state index is 12.4. The fourth-order valence-electron chi connectivity index (χ4n) is 2.90. The Balaban J connectivity index is 1.48. The average molecular weight is 346 g/mol. The Labute approximate surface area is 142 Å². The molecule has 3 aromatic rings. The molecule has 1 aliphatic heterocycles. The molecule has 120 valence electrons. The van der Waals surface area contributed by atoms with Crippen LogP contribution in [0.4, 0.5) is 0 Å². The van der Waals surface area contributed by atoms with Gasteiger partial charge in [0.2, 0.25) is 0 Å². The summed E-state index contributed by atoms with van der Waals surface area (Å²) in [4.78, 5) is 15.4. The van der Waals surface area contributed by atoms with Gasteiger partial charge in [-0.05, 0) is 19.2 Å². The van der Waals surface area contributed by atoms with Gasteiger partial charge in [0.25, 0.3) is 5.91 Å². The molecule has 0 aliphatic carbocycles. The number of hydrogen-bond donors (Lipinski definition) is 1. The van der Waals surface area contributed by atoms with Crippen LogP contribution in [0.2, 0.25) is 0 Å². The maximum Gasteiger partial charge on any atom is 0.261 e. The number of hydrogen-bond acceptors (Lipinski definition) is 5. The molecule has 0 radical (unpaired) electrons. The van der Waals surface area contributed by atoms with Crippen molar-refractivity contribution in [1.29, 1.82) is 0 Å². The van der Waals surface area contributed by atoms with E-state index in [-0.39, 0.29) is 12.0 Å². The number of nitrogens with zero attached hydrogens (tertiary/aromatic N) is 1. The molecule has 1 aliphatic rings. The van der Waals surface area contributed by atoms with Gasteiger partial charge in [0.05, 0.1) is 22.3 Å². The van der Waals surface area contributed by atoms with E-state index in [0.29, 0.717) is 6.54 Å². The number of thiophene rings is 2. The van der Waals surface area contributed by atoms with E-state index in [0.717, 1.165) is 24.6 Å². The molecule has 6 heteroatoms. The number of likely N-dealkylation sites (N-methyl/N-ethyl adjacent to an activating group) is 1. The van der Waals surface area contributed by atoms with Crippen LogP contribution < -0.4 is 5.32 Å². The van der Waals surface area contributed by atoms with E-state index in [1.54, 1.807) is 22.7 Å². The lowest BCUT2D eigenvalue weighted by molar-refractivity contribution is -0.0174. The minimum Gasteiger partial charge on any atom is -0.374 e. The molecule has 1 atom stereocenters. The Morgan fingerprint density at radius 3 is 3.09 bits per heavy atom. The molecule has 1 fully saturated rings. The molecule has 0 spiro atoms. The predicted octanol–water partition coefficient (Wildman–Crippen LogP) is 3.18. The highest BCUT2D eigenvalue weighted by atomic mass is 32.1. The second-order valence-corrected chi connectivity index (χ2v) is 8.00. The monoisotopic (exact) mass is 346 g/mol. The molecule has 1 saturated heterocycles. The first kappa shape index (κ1) is 15.1. The van der Waals surface area contributed by atoms with Crippen molar-refractivity contribution in [2.24, 2.45) is 0 Å². The summed E-state index contributed by atoms with van der Waals surface area (Å²) in [6.07, 6.45) is 0.0830. The third-order valence-electron chi connectivity index (χ3n) is 4.11. The van der Waals surface area contributed by atoms with Crippen molar-refractivity contribution >= 4 is 48.1 Å². The third-order valence-corrected chi connectivity index (χ3v) is 6.52. The van der Waals surface area contributed by atoms with Gasteiger partial charge in [0.15, 0.2) is 0 Å². The van der Waals surface area contributed by atoms with E-state index in [1.807, 2.05) is 12.1 Å². The van der Waals surface area contributed by atoms with Gasteiger partial charge in [-0.3, -0.25) is 4.79 Å². The van der Waals surface area contributed by atoms with Crippen molar-refractivity contribution in [1.82, 2.24) is 10.2 Å². The molecule has 0 saturated carbocycles. The number of nitrogens with one attached hydrogen (secondary N) is 1. The van der Waals surface area contributed by atoms with Crippen molar-refractivity contribution in [3.05, 3.63) is 35.2 Å². The summed E-state index contributed by atoms with van der Waals surface area (Å²) in [7, 11) is 2.08. The normalized spacial score (nSPS) is 19.4. The van der Waals surface area contributed by atoms with Crippen LogP contribution >= 0.6 is 22.7 Å². The van der Waals surface area contributed by atoms with Crippen molar-refractivity contribution in [3.8, 4) is 0 Å². The first-order valence-electron chi connectivity index (χ1n) is 7.70. The lowest BCUT2D eigenvalue weighted by atomic mass is 10.2. The highest BCUT2D eigenvalue weighted by molar-refractivity contribution is 7.33. The van der Waals surface area contributed by atoms with Crippen molar-refractivity contribution in [3.63, 3.8) is 0 Å². The van der Waals surface area contributed by atoms with Crippen LogP contribution in [-0.2, 0) is 4.74 Å². The number of rotatable bonds is 3. The van der Waals surface area contributed by atoms with E-state index in [1.165, 1.54) is 19.5 Å². The molecule has 4 rings (SSSR count). The van der Waals surface area contributed by atoms with Crippen LogP contribution in [0.1, 0.15) is 9.67 Å². The third kappa shape index (κ3) is 2.99. The van der Waals surface area contributed by atoms with E-state index < -0.39 is 0 Å². The van der Waals surface area contributed by atoms with Crippen LogP contribution in [0, 0.1) is 0 Å². The Bertz CT molecular complexity index is 855. The maximum absolute atomic E-state index is 12.4. The minimum atomic E-state index is -0.000641. The van der Waals surface area contributed by atoms with Crippen LogP contribution in [0.5, 0.6) is 0 Å². The first-order valence-corrected chi connectivity index (χ1v) is 9.33. The molecule has 3 heterocycles. The van der Waals surface area contributed by atoms with Gasteiger partial charge in [-0.1, -0.05) is 18.2 Å². The number of ether oxygens (including phenoxy) is 1. The van der Waals surface area contributed by atoms with Crippen molar-refractivity contribution in [2.75, 3.05) is 33.3 Å². The molecule has 1 N–H and O–H groups in total. The smallest absolute Gasteiger partial charge is 0.261 e. The quantitative estimate of drug-likeness (QED) is 0.792. The highest BCUT2D eigenvalue weighted by Crippen LogP contribution is 2.39. The fourth-order valence-corrected chi connectivity index (χ4v) is 5.34. The second kappa shape index (κ2) is 6.20. The first-order chi connectivity index (χ1) is 11.2. The van der Waals surface area contributed by atoms with Crippen LogP contribution in [0.25, 0.3) is 19.5 Å². The van der Waals surface area contributed by atoms with Crippen LogP contribution in [0.3, 0.4) is 0 Å². The Morgan fingerprint density at radius 1 is 1.35 bits per heavy atom. The van der Waals surface area contributed by atoms with Gasteiger partial charge >= 0.3 is 0 Å². The lowest BCUT2D eigenvalue weighted by Crippen LogP contribution is -2.45. The Hall–Kier alpha value is -1.47. The molecule has 4 nitrogen and oxygen atoms in total. The topological polar surface area (TPSA) is 41.6 Å². The fraction of sp³-hybridized carbons (Fsp3) is 0.353. The zero-order valence-corrected chi connectivity index (χ0v) is 14.5. The standard InChI is InChI=1S/C17H18N2O2S2/c1-19-6-7-21-11(10-19)9-18-17(20)15-8-14-16(23-15)12-4-2-3-5-13(12)22-14/h2-5,8,11H,6-7,9-10H2,1H3,(H,18,20)/t11-/m1/s1. The van der Waals surface area contributed by atoms with Gasteiger partial charge in [0.1, 0.15) is 0 Å².